The molecule has 0 spiro atoms. The molecule has 460 valence electrons. The van der Waals surface area contributed by atoms with E-state index in [1.165, 1.54) is 244 Å². The van der Waals surface area contributed by atoms with Crippen molar-refractivity contribution in [3.05, 3.63) is 60.8 Å². The Hall–Kier alpha value is -2.89. The molecule has 0 rings (SSSR count). The Labute approximate surface area is 491 Å². The monoisotopic (exact) mass is 1110 g/mol. The first-order valence-electron chi connectivity index (χ1n) is 34.8. The fraction of sp³-hybridized carbons (Fsp3) is 0.822. The Balaban J connectivity index is 4.32. The summed E-state index contributed by atoms with van der Waals surface area (Å²) >= 11 is 0. The Kier molecular flexibility index (Phi) is 65.1. The van der Waals surface area contributed by atoms with E-state index in [4.69, 9.17) is 14.2 Å². The lowest BCUT2D eigenvalue weighted by Gasteiger charge is -2.18. The molecule has 0 aliphatic rings. The lowest BCUT2D eigenvalue weighted by atomic mass is 10.0. The number of rotatable bonds is 64. The molecule has 0 radical (unpaired) electrons. The van der Waals surface area contributed by atoms with Gasteiger partial charge in [0.05, 0.1) is 0 Å². The zero-order valence-electron chi connectivity index (χ0n) is 52.9. The van der Waals surface area contributed by atoms with E-state index in [1.807, 2.05) is 0 Å². The van der Waals surface area contributed by atoms with Crippen molar-refractivity contribution >= 4 is 17.9 Å². The van der Waals surface area contributed by atoms with Gasteiger partial charge in [-0.2, -0.15) is 0 Å². The van der Waals surface area contributed by atoms with E-state index in [-0.39, 0.29) is 31.1 Å². The standard InChI is InChI=1S/C73H132O6/c1-4-7-10-13-16-19-22-25-28-30-32-34-35-36-37-39-40-42-45-48-51-54-57-60-63-66-72(75)78-69-70(68-77-71(74)65-62-59-56-53-50-47-44-27-24-21-18-15-12-9-6-3)79-73(76)67-64-61-58-55-52-49-46-43-41-38-33-31-29-26-23-20-17-14-11-8-5-2/h22-23,25-26,30-33,41,43,70H,4-21,24,27-29,34-40,42,44-69H2,1-3H3/b25-22-,26-23-,32-30-,33-31-,43-41-. The van der Waals surface area contributed by atoms with Gasteiger partial charge < -0.3 is 14.2 Å². The van der Waals surface area contributed by atoms with Gasteiger partial charge in [0.2, 0.25) is 0 Å². The van der Waals surface area contributed by atoms with Crippen molar-refractivity contribution in [3.63, 3.8) is 0 Å². The van der Waals surface area contributed by atoms with Gasteiger partial charge in [-0.1, -0.05) is 319 Å². The summed E-state index contributed by atoms with van der Waals surface area (Å²) < 4.78 is 17.0. The van der Waals surface area contributed by atoms with Crippen LogP contribution in [0.3, 0.4) is 0 Å². The maximum Gasteiger partial charge on any atom is 0.306 e. The van der Waals surface area contributed by atoms with Gasteiger partial charge in [-0.05, 0) is 89.9 Å². The quantitative estimate of drug-likeness (QED) is 0.0261. The van der Waals surface area contributed by atoms with E-state index < -0.39 is 6.10 Å². The molecule has 0 bridgehead atoms. The first kappa shape index (κ1) is 76.1. The van der Waals surface area contributed by atoms with E-state index in [2.05, 4.69) is 81.5 Å². The van der Waals surface area contributed by atoms with Crippen molar-refractivity contribution in [3.8, 4) is 0 Å². The van der Waals surface area contributed by atoms with Crippen molar-refractivity contribution in [2.75, 3.05) is 13.2 Å². The predicted molar refractivity (Wildman–Crippen MR) is 344 cm³/mol. The number of ether oxygens (including phenoxy) is 3. The minimum Gasteiger partial charge on any atom is -0.462 e. The van der Waals surface area contributed by atoms with Gasteiger partial charge in [0.1, 0.15) is 13.2 Å². The highest BCUT2D eigenvalue weighted by atomic mass is 16.6. The van der Waals surface area contributed by atoms with E-state index in [1.54, 1.807) is 0 Å². The number of hydrogen-bond donors (Lipinski definition) is 0. The van der Waals surface area contributed by atoms with Gasteiger partial charge in [-0.3, -0.25) is 14.4 Å². The molecule has 0 aromatic rings. The van der Waals surface area contributed by atoms with Crippen LogP contribution in [-0.4, -0.2) is 37.2 Å². The van der Waals surface area contributed by atoms with Gasteiger partial charge in [0.15, 0.2) is 6.10 Å². The third kappa shape index (κ3) is 65.8. The zero-order valence-corrected chi connectivity index (χ0v) is 52.9. The van der Waals surface area contributed by atoms with E-state index in [0.29, 0.717) is 19.3 Å². The number of allylic oxidation sites excluding steroid dienone is 10. The molecular formula is C73H132O6. The van der Waals surface area contributed by atoms with Crippen LogP contribution in [0.15, 0.2) is 60.8 Å². The number of carbonyl (C=O) groups excluding carboxylic acids is 3. The van der Waals surface area contributed by atoms with Crippen LogP contribution in [-0.2, 0) is 28.6 Å². The Morgan fingerprint density at radius 1 is 0.253 bits per heavy atom. The molecule has 6 heteroatoms. The summed E-state index contributed by atoms with van der Waals surface area (Å²) in [5.74, 6) is -0.866. The number of esters is 3. The first-order valence-corrected chi connectivity index (χ1v) is 34.8. The molecule has 0 fully saturated rings. The fourth-order valence-corrected chi connectivity index (χ4v) is 10.2. The number of carbonyl (C=O) groups is 3. The van der Waals surface area contributed by atoms with Crippen molar-refractivity contribution < 1.29 is 28.6 Å². The van der Waals surface area contributed by atoms with E-state index >= 15 is 0 Å². The Bertz CT molecular complexity index is 1410. The van der Waals surface area contributed by atoms with Crippen molar-refractivity contribution in [1.29, 1.82) is 0 Å². The molecule has 0 heterocycles. The smallest absolute Gasteiger partial charge is 0.306 e. The third-order valence-corrected chi connectivity index (χ3v) is 15.5. The first-order chi connectivity index (χ1) is 39.0. The number of hydrogen-bond acceptors (Lipinski definition) is 6. The molecule has 0 amide bonds. The lowest BCUT2D eigenvalue weighted by Crippen LogP contribution is -2.30. The maximum absolute atomic E-state index is 12.9. The summed E-state index contributed by atoms with van der Waals surface area (Å²) in [5, 5.41) is 0. The van der Waals surface area contributed by atoms with Gasteiger partial charge in [0, 0.05) is 19.3 Å². The molecule has 0 aliphatic carbocycles. The van der Waals surface area contributed by atoms with Crippen LogP contribution in [0.4, 0.5) is 0 Å². The van der Waals surface area contributed by atoms with Crippen molar-refractivity contribution in [1.82, 2.24) is 0 Å². The van der Waals surface area contributed by atoms with Gasteiger partial charge in [-0.25, -0.2) is 0 Å². The molecule has 1 unspecified atom stereocenters. The van der Waals surface area contributed by atoms with Gasteiger partial charge in [-0.15, -0.1) is 0 Å². The number of unbranched alkanes of at least 4 members (excludes halogenated alkanes) is 43. The molecule has 1 atom stereocenters. The Morgan fingerprint density at radius 2 is 0.456 bits per heavy atom. The van der Waals surface area contributed by atoms with Crippen LogP contribution in [0.25, 0.3) is 0 Å². The van der Waals surface area contributed by atoms with Gasteiger partial charge in [0.25, 0.3) is 0 Å². The summed E-state index contributed by atoms with van der Waals surface area (Å²) in [5.41, 5.74) is 0. The average molecular weight is 1110 g/mol. The second-order valence-electron chi connectivity index (χ2n) is 23.4. The SMILES string of the molecule is CCCCCCC/C=C\C/C=C\C/C=C\CCCCCCCCC(=O)OC(COC(=O)CCCCCCCCCCCCCCC/C=C\C/C=C\CCCCCCC)COC(=O)CCCCCCCCCCCCCCCCC. The van der Waals surface area contributed by atoms with Gasteiger partial charge >= 0.3 is 17.9 Å². The van der Waals surface area contributed by atoms with Crippen LogP contribution in [0.5, 0.6) is 0 Å². The second-order valence-corrected chi connectivity index (χ2v) is 23.4. The predicted octanol–water partition coefficient (Wildman–Crippen LogP) is 23.9. The highest BCUT2D eigenvalue weighted by Gasteiger charge is 2.19. The topological polar surface area (TPSA) is 78.9 Å². The van der Waals surface area contributed by atoms with E-state index in [0.717, 1.165) is 83.5 Å². The molecule has 0 saturated heterocycles. The molecule has 0 aliphatic heterocycles. The maximum atomic E-state index is 12.9. The minimum absolute atomic E-state index is 0.0758. The molecule has 0 aromatic carbocycles. The summed E-state index contributed by atoms with van der Waals surface area (Å²) in [7, 11) is 0. The Morgan fingerprint density at radius 3 is 0.709 bits per heavy atom. The lowest BCUT2D eigenvalue weighted by molar-refractivity contribution is -0.167. The van der Waals surface area contributed by atoms with Crippen LogP contribution in [0.1, 0.15) is 367 Å². The molecule has 0 saturated carbocycles. The molecule has 0 N–H and O–H groups in total. The normalized spacial score (nSPS) is 12.4. The molecule has 6 nitrogen and oxygen atoms in total. The summed E-state index contributed by atoms with van der Waals surface area (Å²) in [4.78, 5) is 38.4. The average Bonchev–Trinajstić information content (AvgIpc) is 3.45. The van der Waals surface area contributed by atoms with Crippen LogP contribution < -0.4 is 0 Å². The van der Waals surface area contributed by atoms with Crippen molar-refractivity contribution in [2.45, 2.75) is 374 Å². The summed E-state index contributed by atoms with van der Waals surface area (Å²) in [6.45, 7) is 6.67. The van der Waals surface area contributed by atoms with Crippen LogP contribution in [0.2, 0.25) is 0 Å². The van der Waals surface area contributed by atoms with Crippen LogP contribution >= 0.6 is 0 Å². The molecule has 0 aromatic heterocycles. The highest BCUT2D eigenvalue weighted by molar-refractivity contribution is 5.71. The second kappa shape index (κ2) is 67.6. The largest absolute Gasteiger partial charge is 0.462 e. The zero-order chi connectivity index (χ0) is 57.1. The molecule has 79 heavy (non-hydrogen) atoms. The summed E-state index contributed by atoms with van der Waals surface area (Å²) in [6, 6.07) is 0. The van der Waals surface area contributed by atoms with Crippen molar-refractivity contribution in [2.24, 2.45) is 0 Å². The fourth-order valence-electron chi connectivity index (χ4n) is 10.2. The minimum atomic E-state index is -0.781. The summed E-state index contributed by atoms with van der Waals surface area (Å²) in [6.07, 6.45) is 86.6. The third-order valence-electron chi connectivity index (χ3n) is 15.5. The molecular weight excluding hydrogens is 973 g/mol. The van der Waals surface area contributed by atoms with E-state index in [9.17, 15) is 14.4 Å². The van der Waals surface area contributed by atoms with Crippen LogP contribution in [0, 0.1) is 0 Å². The highest BCUT2D eigenvalue weighted by Crippen LogP contribution is 2.17.